The Bertz CT molecular complexity index is 1440. The fraction of sp³-hybridized carbons (Fsp3) is 0.0455. The van der Waals surface area contributed by atoms with E-state index in [0.29, 0.717) is 0 Å². The quantitative estimate of drug-likeness (QED) is 0.359. The van der Waals surface area contributed by atoms with E-state index in [1.165, 1.54) is 18.2 Å². The molecule has 3 N–H and O–H groups in total. The summed E-state index contributed by atoms with van der Waals surface area (Å²) in [6.07, 6.45) is 4.15. The Morgan fingerprint density at radius 2 is 1.84 bits per heavy atom. The van der Waals surface area contributed by atoms with E-state index in [1.54, 1.807) is 24.5 Å². The minimum Gasteiger partial charge on any atom is -0.477 e. The number of anilines is 1. The van der Waals surface area contributed by atoms with Gasteiger partial charge < -0.3 is 15.4 Å². The fourth-order valence-electron chi connectivity index (χ4n) is 3.16. The molecule has 0 spiro atoms. The third-order valence-corrected chi connectivity index (χ3v) is 4.71. The maximum absolute atomic E-state index is 14.7. The number of halogens is 2. The standard InChI is InChI=1S/C22H15F2N5O3/c23-16-8-14-20(9-18(16)28-27-10-12-3-5-26-6-4-12)29(11-15(21(14)30)22(31)32)19-2-1-13(25)7-17(19)24/h1-9,11H,10,25H2,(H,31,32). The maximum Gasteiger partial charge on any atom is 0.341 e. The zero-order valence-electron chi connectivity index (χ0n) is 16.4. The van der Waals surface area contributed by atoms with Crippen molar-refractivity contribution in [1.29, 1.82) is 0 Å². The second kappa shape index (κ2) is 8.34. The molecule has 0 atom stereocenters. The summed E-state index contributed by atoms with van der Waals surface area (Å²) in [6.45, 7) is 0.164. The number of rotatable bonds is 5. The second-order valence-corrected chi connectivity index (χ2v) is 6.83. The monoisotopic (exact) mass is 435 g/mol. The van der Waals surface area contributed by atoms with Crippen LogP contribution in [0.3, 0.4) is 0 Å². The summed E-state index contributed by atoms with van der Waals surface area (Å²) < 4.78 is 30.4. The van der Waals surface area contributed by atoms with E-state index in [1.807, 2.05) is 0 Å². The first-order chi connectivity index (χ1) is 15.3. The molecule has 10 heteroatoms. The molecule has 160 valence electrons. The number of nitrogen functional groups attached to an aromatic ring is 1. The van der Waals surface area contributed by atoms with Crippen molar-refractivity contribution in [2.45, 2.75) is 6.54 Å². The molecule has 0 unspecified atom stereocenters. The molecule has 0 aliphatic carbocycles. The summed E-state index contributed by atoms with van der Waals surface area (Å²) in [5.74, 6) is -3.15. The molecule has 2 aromatic heterocycles. The number of carboxylic acid groups (broad SMARTS) is 1. The van der Waals surface area contributed by atoms with E-state index in [0.717, 1.165) is 28.5 Å². The third-order valence-electron chi connectivity index (χ3n) is 4.71. The summed E-state index contributed by atoms with van der Waals surface area (Å²) in [7, 11) is 0. The van der Waals surface area contributed by atoms with E-state index in [4.69, 9.17) is 5.73 Å². The first kappa shape index (κ1) is 20.8. The first-order valence-electron chi connectivity index (χ1n) is 9.29. The van der Waals surface area contributed by atoms with Crippen LogP contribution >= 0.6 is 0 Å². The third kappa shape index (κ3) is 3.93. The normalized spacial score (nSPS) is 11.3. The highest BCUT2D eigenvalue weighted by atomic mass is 19.1. The van der Waals surface area contributed by atoms with Crippen LogP contribution in [-0.2, 0) is 6.54 Å². The Morgan fingerprint density at radius 3 is 2.53 bits per heavy atom. The van der Waals surface area contributed by atoms with Gasteiger partial charge in [-0.2, -0.15) is 10.2 Å². The summed E-state index contributed by atoms with van der Waals surface area (Å²) in [6, 6.07) is 9.34. The van der Waals surface area contributed by atoms with Crippen LogP contribution in [0.5, 0.6) is 0 Å². The Labute approximate surface area is 179 Å². The van der Waals surface area contributed by atoms with Crippen molar-refractivity contribution in [3.63, 3.8) is 0 Å². The molecule has 0 saturated carbocycles. The van der Waals surface area contributed by atoms with Crippen LogP contribution in [-0.4, -0.2) is 20.6 Å². The van der Waals surface area contributed by atoms with Gasteiger partial charge in [0.25, 0.3) is 0 Å². The number of aromatic nitrogens is 2. The molecule has 0 radical (unpaired) electrons. The Balaban J connectivity index is 1.91. The van der Waals surface area contributed by atoms with Crippen LogP contribution in [0.4, 0.5) is 20.2 Å². The number of hydrogen-bond donors (Lipinski definition) is 2. The number of azo groups is 1. The van der Waals surface area contributed by atoms with Gasteiger partial charge in [0, 0.05) is 29.7 Å². The van der Waals surface area contributed by atoms with Gasteiger partial charge in [0.05, 0.1) is 17.7 Å². The molecule has 0 aliphatic rings. The van der Waals surface area contributed by atoms with E-state index in [2.05, 4.69) is 15.2 Å². The molecule has 2 aromatic carbocycles. The molecule has 4 aromatic rings. The second-order valence-electron chi connectivity index (χ2n) is 6.83. The number of aromatic carboxylic acids is 1. The molecule has 4 rings (SSSR count). The number of hydrogen-bond acceptors (Lipinski definition) is 6. The number of nitrogens with two attached hydrogens (primary N) is 1. The molecule has 0 aliphatic heterocycles. The smallest absolute Gasteiger partial charge is 0.341 e. The highest BCUT2D eigenvalue weighted by Gasteiger charge is 2.19. The van der Waals surface area contributed by atoms with Gasteiger partial charge >= 0.3 is 5.97 Å². The van der Waals surface area contributed by atoms with Gasteiger partial charge in [0.1, 0.15) is 17.1 Å². The topological polar surface area (TPSA) is 123 Å². The minimum absolute atomic E-state index is 0.0583. The van der Waals surface area contributed by atoms with Crippen LogP contribution in [0.25, 0.3) is 16.6 Å². The van der Waals surface area contributed by atoms with Gasteiger partial charge in [-0.1, -0.05) is 0 Å². The van der Waals surface area contributed by atoms with E-state index < -0.39 is 28.6 Å². The zero-order valence-corrected chi connectivity index (χ0v) is 16.4. The SMILES string of the molecule is Nc1ccc(-n2cc(C(=O)O)c(=O)c3cc(F)c(N=NCc4ccncc4)cc32)c(F)c1. The van der Waals surface area contributed by atoms with Crippen molar-refractivity contribution in [2.24, 2.45) is 10.2 Å². The minimum atomic E-state index is -1.52. The maximum atomic E-state index is 14.7. The van der Waals surface area contributed by atoms with Crippen LogP contribution in [0.15, 0.2) is 76.1 Å². The highest BCUT2D eigenvalue weighted by molar-refractivity contribution is 5.94. The lowest BCUT2D eigenvalue weighted by Crippen LogP contribution is -2.19. The van der Waals surface area contributed by atoms with Gasteiger partial charge in [-0.15, -0.1) is 0 Å². The van der Waals surface area contributed by atoms with Crippen LogP contribution in [0.2, 0.25) is 0 Å². The molecule has 0 saturated heterocycles. The molecular formula is C22H15F2N5O3. The summed E-state index contributed by atoms with van der Waals surface area (Å²) in [5.41, 5.74) is 4.80. The fourth-order valence-corrected chi connectivity index (χ4v) is 3.16. The number of carbonyl (C=O) groups is 1. The van der Waals surface area contributed by atoms with Gasteiger partial charge in [0.2, 0.25) is 5.43 Å². The molecule has 32 heavy (non-hydrogen) atoms. The van der Waals surface area contributed by atoms with Crippen molar-refractivity contribution in [3.8, 4) is 5.69 Å². The van der Waals surface area contributed by atoms with Crippen molar-refractivity contribution < 1.29 is 18.7 Å². The van der Waals surface area contributed by atoms with Gasteiger partial charge in [0.15, 0.2) is 5.82 Å². The van der Waals surface area contributed by atoms with Gasteiger partial charge in [-0.3, -0.25) is 9.78 Å². The zero-order chi connectivity index (χ0) is 22.8. The lowest BCUT2D eigenvalue weighted by atomic mass is 10.1. The molecule has 0 bridgehead atoms. The van der Waals surface area contributed by atoms with Gasteiger partial charge in [-0.05, 0) is 48.0 Å². The number of pyridine rings is 2. The van der Waals surface area contributed by atoms with Crippen LogP contribution in [0, 0.1) is 11.6 Å². The van der Waals surface area contributed by atoms with Crippen molar-refractivity contribution >= 4 is 28.2 Å². The Hall–Kier alpha value is -4.47. The molecule has 2 heterocycles. The molecule has 8 nitrogen and oxygen atoms in total. The van der Waals surface area contributed by atoms with Gasteiger partial charge in [-0.25, -0.2) is 13.6 Å². The highest BCUT2D eigenvalue weighted by Crippen LogP contribution is 2.28. The van der Waals surface area contributed by atoms with Crippen molar-refractivity contribution in [2.75, 3.05) is 5.73 Å². The molecular weight excluding hydrogens is 420 g/mol. The lowest BCUT2D eigenvalue weighted by molar-refractivity contribution is 0.0695. The van der Waals surface area contributed by atoms with E-state index >= 15 is 0 Å². The number of carboxylic acids is 1. The van der Waals surface area contributed by atoms with Crippen LogP contribution < -0.4 is 11.2 Å². The van der Waals surface area contributed by atoms with Crippen molar-refractivity contribution in [1.82, 2.24) is 9.55 Å². The number of nitrogens with zero attached hydrogens (tertiary/aromatic N) is 4. The summed E-state index contributed by atoms with van der Waals surface area (Å²) in [4.78, 5) is 28.1. The van der Waals surface area contributed by atoms with E-state index in [9.17, 15) is 23.5 Å². The Kier molecular flexibility index (Phi) is 5.42. The number of benzene rings is 2. The van der Waals surface area contributed by atoms with Crippen molar-refractivity contribution in [3.05, 3.63) is 94.0 Å². The molecule has 0 amide bonds. The largest absolute Gasteiger partial charge is 0.477 e. The predicted molar refractivity (Wildman–Crippen MR) is 113 cm³/mol. The average Bonchev–Trinajstić information content (AvgIpc) is 2.76. The number of fused-ring (bicyclic) bond motifs is 1. The van der Waals surface area contributed by atoms with Crippen LogP contribution in [0.1, 0.15) is 15.9 Å². The summed E-state index contributed by atoms with van der Waals surface area (Å²) in [5, 5.41) is 17.0. The summed E-state index contributed by atoms with van der Waals surface area (Å²) >= 11 is 0. The first-order valence-corrected chi connectivity index (χ1v) is 9.29. The Morgan fingerprint density at radius 1 is 1.09 bits per heavy atom. The predicted octanol–water partition coefficient (Wildman–Crippen LogP) is 4.23. The lowest BCUT2D eigenvalue weighted by Gasteiger charge is -2.14. The average molecular weight is 435 g/mol. The molecule has 0 fully saturated rings. The van der Waals surface area contributed by atoms with E-state index in [-0.39, 0.29) is 34.5 Å².